The van der Waals surface area contributed by atoms with Crippen LogP contribution in [0.15, 0.2) is 53.8 Å². The lowest BCUT2D eigenvalue weighted by atomic mass is 10.1. The first kappa shape index (κ1) is 68.6. The van der Waals surface area contributed by atoms with E-state index in [2.05, 4.69) is 55.7 Å². The summed E-state index contributed by atoms with van der Waals surface area (Å²) in [5.41, 5.74) is 0.921. The van der Waals surface area contributed by atoms with Crippen LogP contribution in [0.2, 0.25) is 0 Å². The molecule has 0 saturated carbocycles. The molecular weight excluding hydrogens is 1120 g/mol. The minimum absolute atomic E-state index is 0.0569. The second kappa shape index (κ2) is 35.9. The number of carbonyl (C=O) groups is 6. The highest BCUT2D eigenvalue weighted by atomic mass is 32.2. The summed E-state index contributed by atoms with van der Waals surface area (Å²) in [5.74, 6) is -1.72. The SMILES string of the molecule is Cc1cc(OCCCC(=O)NCCCOCCOCCOCCCNC(=O)[C@@H](CSOOO)NC(=O)OC(C)(C)C)cc(C)c1S(=O)(=O)N[C@@H](CNC(=O)c1ccc2c(cnn2CCCNc2ncc[nH]2)c1)C(=O)O.O=CC(F)(F)F. The number of H-pyrrole nitrogens is 1. The van der Waals surface area contributed by atoms with Crippen LogP contribution in [0.25, 0.3) is 10.9 Å². The molecule has 4 amide bonds. The molecule has 0 aliphatic carbocycles. The number of benzene rings is 2. The van der Waals surface area contributed by atoms with Crippen LogP contribution in [0.5, 0.6) is 5.75 Å². The molecular formula is C49H71F3N10O17S2. The first-order valence-corrected chi connectivity index (χ1v) is 27.7. The summed E-state index contributed by atoms with van der Waals surface area (Å²) >= 11 is 0.622. The highest BCUT2D eigenvalue weighted by Gasteiger charge is 2.30. The molecule has 0 aliphatic heterocycles. The summed E-state index contributed by atoms with van der Waals surface area (Å²) < 4.78 is 94.3. The normalized spacial score (nSPS) is 12.4. The van der Waals surface area contributed by atoms with Crippen LogP contribution < -0.4 is 36.0 Å². The number of rotatable bonds is 37. The van der Waals surface area contributed by atoms with Gasteiger partial charge in [-0.2, -0.15) is 23.0 Å². The Balaban J connectivity index is 0.00000271. The Labute approximate surface area is 469 Å². The van der Waals surface area contributed by atoms with Gasteiger partial charge in [-0.1, -0.05) is 5.04 Å². The third kappa shape index (κ3) is 28.1. The number of aromatic amines is 1. The summed E-state index contributed by atoms with van der Waals surface area (Å²) in [4.78, 5) is 78.0. The van der Waals surface area contributed by atoms with Crippen molar-refractivity contribution in [3.63, 3.8) is 0 Å². The largest absolute Gasteiger partial charge is 0.494 e. The van der Waals surface area contributed by atoms with E-state index >= 15 is 0 Å². The zero-order valence-corrected chi connectivity index (χ0v) is 47.0. The van der Waals surface area contributed by atoms with Crippen molar-refractivity contribution in [3.8, 4) is 5.75 Å². The van der Waals surface area contributed by atoms with Crippen LogP contribution in [0.1, 0.15) is 74.4 Å². The molecule has 81 heavy (non-hydrogen) atoms. The van der Waals surface area contributed by atoms with E-state index in [1.807, 2.05) is 4.68 Å². The smallest absolute Gasteiger partial charge is 0.446 e. The van der Waals surface area contributed by atoms with Gasteiger partial charge in [0.15, 0.2) is 5.95 Å². The second-order valence-electron chi connectivity index (χ2n) is 18.4. The maximum absolute atomic E-state index is 13.5. The fraction of sp³-hybridized carbons (Fsp3) is 0.551. The molecule has 4 rings (SSSR count). The predicted molar refractivity (Wildman–Crippen MR) is 286 cm³/mol. The molecule has 0 spiro atoms. The van der Waals surface area contributed by atoms with Gasteiger partial charge < -0.3 is 60.4 Å². The van der Waals surface area contributed by atoms with Gasteiger partial charge in [0.1, 0.15) is 23.4 Å². The number of alkyl halides is 3. The van der Waals surface area contributed by atoms with Crippen molar-refractivity contribution >= 4 is 75.0 Å². The molecule has 9 N–H and O–H groups in total. The maximum Gasteiger partial charge on any atom is 0.446 e. The molecule has 0 bridgehead atoms. The number of sulfonamides is 1. The number of alkyl carbamates (subject to hydrolysis) is 1. The number of carbonyl (C=O) groups excluding carboxylic acids is 5. The minimum atomic E-state index is -4.64. The van der Waals surface area contributed by atoms with E-state index in [1.165, 1.54) is 12.1 Å². The molecule has 0 unspecified atom stereocenters. The van der Waals surface area contributed by atoms with Crippen LogP contribution in [0, 0.1) is 13.8 Å². The topological polar surface area (TPSA) is 360 Å². The molecule has 0 radical (unpaired) electrons. The second-order valence-corrected chi connectivity index (χ2v) is 20.7. The van der Waals surface area contributed by atoms with E-state index < -0.39 is 70.6 Å². The average molecular weight is 1190 g/mol. The first-order chi connectivity index (χ1) is 38.4. The van der Waals surface area contributed by atoms with Crippen molar-refractivity contribution in [2.75, 3.05) is 83.5 Å². The number of halogens is 3. The van der Waals surface area contributed by atoms with Gasteiger partial charge in [-0.05, 0) is 102 Å². The highest BCUT2D eigenvalue weighted by Crippen LogP contribution is 2.26. The van der Waals surface area contributed by atoms with Crippen LogP contribution in [-0.4, -0.2) is 177 Å². The van der Waals surface area contributed by atoms with Crippen LogP contribution in [0.4, 0.5) is 23.9 Å². The molecule has 2 atom stereocenters. The van der Waals surface area contributed by atoms with Crippen molar-refractivity contribution < 1.29 is 93.8 Å². The van der Waals surface area contributed by atoms with Crippen LogP contribution >= 0.6 is 12.0 Å². The fourth-order valence-corrected chi connectivity index (χ4v) is 9.17. The Morgan fingerprint density at radius 1 is 0.852 bits per heavy atom. The van der Waals surface area contributed by atoms with Crippen molar-refractivity contribution in [1.82, 2.24) is 45.7 Å². The Morgan fingerprint density at radius 2 is 1.49 bits per heavy atom. The Morgan fingerprint density at radius 3 is 2.09 bits per heavy atom. The van der Waals surface area contributed by atoms with Crippen molar-refractivity contribution in [2.24, 2.45) is 0 Å². The van der Waals surface area contributed by atoms with Crippen molar-refractivity contribution in [3.05, 3.63) is 65.6 Å². The number of imidazole rings is 1. The number of aryl methyl sites for hydroxylation is 3. The van der Waals surface area contributed by atoms with E-state index in [0.717, 1.165) is 11.9 Å². The van der Waals surface area contributed by atoms with Gasteiger partial charge in [-0.15, -0.1) is 4.33 Å². The van der Waals surface area contributed by atoms with E-state index in [4.69, 9.17) is 33.7 Å². The molecule has 32 heteroatoms. The van der Waals surface area contributed by atoms with Crippen LogP contribution in [0.3, 0.4) is 0 Å². The molecule has 0 saturated heterocycles. The molecule has 4 aromatic rings. The lowest BCUT2D eigenvalue weighted by Gasteiger charge is -2.22. The minimum Gasteiger partial charge on any atom is -0.494 e. The van der Waals surface area contributed by atoms with Crippen LogP contribution in [-0.2, 0) is 64.1 Å². The summed E-state index contributed by atoms with van der Waals surface area (Å²) in [6, 6.07) is 5.32. The summed E-state index contributed by atoms with van der Waals surface area (Å²) in [5, 5.41) is 40.6. The van der Waals surface area contributed by atoms with Gasteiger partial charge in [0.2, 0.25) is 28.1 Å². The summed E-state index contributed by atoms with van der Waals surface area (Å²) in [7, 11) is -4.37. The van der Waals surface area contributed by atoms with Gasteiger partial charge in [-0.25, -0.2) is 23.5 Å². The number of nitrogens with zero attached hydrogens (tertiary/aromatic N) is 3. The standard InChI is InChI=1S/C47H70N10O16S2.C2HF3O/c1-32-26-36(70-21-6-10-40(58)48-14-8-19-67-22-24-69-25-23-68-20-9-15-49-43(60)38(31-74-73-72-64)55-46(63)71-47(3,4)5)27-33(2)41(32)75(65,66)56-37(44(61)62)30-53-42(59)34-11-12-39-35(28-34)29-54-57(39)18-7-13-50-45-51-16-17-52-45;3-2(4,5)1-6/h11-12,16-17,26-29,37-38,56,64H,6-10,13-15,18-25,30-31H2,1-5H3,(H,48,58)(H,49,60)(H,53,59)(H,55,63)(H,61,62)(H2,50,51,52);1H/t37-,38+;/m0./s1. The third-order valence-electron chi connectivity index (χ3n) is 10.6. The predicted octanol–water partition coefficient (Wildman–Crippen LogP) is 3.97. The zero-order valence-electron chi connectivity index (χ0n) is 45.4. The van der Waals surface area contributed by atoms with Crippen molar-refractivity contribution in [2.45, 2.75) is 102 Å². The number of aromatic nitrogens is 4. The Bertz CT molecular complexity index is 2670. The molecule has 27 nitrogen and oxygen atoms in total. The number of carboxylic acid groups (broad SMARTS) is 1. The number of carboxylic acids is 1. The zero-order chi connectivity index (χ0) is 59.9. The van der Waals surface area contributed by atoms with Gasteiger partial charge in [-0.3, -0.25) is 28.7 Å². The van der Waals surface area contributed by atoms with E-state index in [0.29, 0.717) is 119 Å². The maximum atomic E-state index is 13.5. The van der Waals surface area contributed by atoms with E-state index in [-0.39, 0.29) is 41.7 Å². The molecule has 0 aliphatic rings. The van der Waals surface area contributed by atoms with Gasteiger partial charge in [0, 0.05) is 87.7 Å². The van der Waals surface area contributed by atoms with Crippen molar-refractivity contribution in [1.29, 1.82) is 0 Å². The summed E-state index contributed by atoms with van der Waals surface area (Å²) in [6.45, 7) is 12.0. The molecule has 0 fully saturated rings. The fourth-order valence-electron chi connectivity index (χ4n) is 7.06. The first-order valence-electron chi connectivity index (χ1n) is 25.3. The number of aliphatic carboxylic acids is 1. The number of amides is 4. The van der Waals surface area contributed by atoms with E-state index in [1.54, 1.807) is 71.4 Å². The third-order valence-corrected chi connectivity index (χ3v) is 13.0. The molecule has 2 heterocycles. The number of hydrogen-bond acceptors (Lipinski definition) is 20. The number of hydrogen-bond donors (Lipinski definition) is 9. The average Bonchev–Trinajstić information content (AvgIpc) is 4.12. The number of ether oxygens (including phenoxy) is 5. The van der Waals surface area contributed by atoms with Gasteiger partial charge in [0.05, 0.1) is 55.4 Å². The van der Waals surface area contributed by atoms with Gasteiger partial charge in [0.25, 0.3) is 5.91 Å². The lowest BCUT2D eigenvalue weighted by molar-refractivity contribution is -0.432. The Kier molecular flexibility index (Phi) is 30.5. The summed E-state index contributed by atoms with van der Waals surface area (Å²) in [6.07, 6.45) is 0.974. The lowest BCUT2D eigenvalue weighted by Crippen LogP contribution is -2.49. The van der Waals surface area contributed by atoms with E-state index in [9.17, 15) is 50.7 Å². The quantitative estimate of drug-likeness (QED) is 0.0101. The number of aldehydes is 1. The Hall–Kier alpha value is -6.65. The monoisotopic (exact) mass is 1190 g/mol. The highest BCUT2D eigenvalue weighted by molar-refractivity contribution is 7.94. The number of nitrogens with one attached hydrogen (secondary N) is 7. The number of anilines is 1. The molecule has 2 aromatic heterocycles. The number of fused-ring (bicyclic) bond motifs is 1. The molecule has 452 valence electrons. The van der Waals surface area contributed by atoms with Gasteiger partial charge >= 0.3 is 18.2 Å². The molecule has 2 aromatic carbocycles.